The van der Waals surface area contributed by atoms with Crippen LogP contribution in [0.4, 0.5) is 10.5 Å². The molecular formula is C18H26N4O2. The molecule has 1 fully saturated rings. The molecule has 0 spiro atoms. The van der Waals surface area contributed by atoms with E-state index in [1.54, 1.807) is 0 Å². The number of imide groups is 1. The fourth-order valence-corrected chi connectivity index (χ4v) is 3.66. The summed E-state index contributed by atoms with van der Waals surface area (Å²) < 4.78 is 0. The predicted octanol–water partition coefficient (Wildman–Crippen LogP) is 1.66. The highest BCUT2D eigenvalue weighted by Gasteiger charge is 2.29. The third-order valence-electron chi connectivity index (χ3n) is 5.01. The van der Waals surface area contributed by atoms with Crippen molar-refractivity contribution >= 4 is 17.6 Å². The van der Waals surface area contributed by atoms with Crippen LogP contribution in [0, 0.1) is 0 Å². The normalized spacial score (nSPS) is 21.7. The Balaban J connectivity index is 1.65. The van der Waals surface area contributed by atoms with Gasteiger partial charge in [0.05, 0.1) is 6.54 Å². The van der Waals surface area contributed by atoms with Gasteiger partial charge in [0.15, 0.2) is 0 Å². The third-order valence-corrected chi connectivity index (χ3v) is 5.01. The quantitative estimate of drug-likeness (QED) is 0.834. The summed E-state index contributed by atoms with van der Waals surface area (Å²) in [4.78, 5) is 29.4. The van der Waals surface area contributed by atoms with Crippen LogP contribution in [-0.2, 0) is 11.3 Å². The maximum absolute atomic E-state index is 11.7. The highest BCUT2D eigenvalue weighted by atomic mass is 16.2. The maximum atomic E-state index is 11.7. The summed E-state index contributed by atoms with van der Waals surface area (Å²) in [5.41, 5.74) is 2.64. The highest BCUT2D eigenvalue weighted by Crippen LogP contribution is 2.27. The number of anilines is 1. The van der Waals surface area contributed by atoms with Crippen LogP contribution in [0.1, 0.15) is 25.3 Å². The van der Waals surface area contributed by atoms with Gasteiger partial charge in [-0.3, -0.25) is 14.6 Å². The van der Waals surface area contributed by atoms with E-state index in [0.29, 0.717) is 12.6 Å². The van der Waals surface area contributed by atoms with Crippen LogP contribution in [0.5, 0.6) is 0 Å². The van der Waals surface area contributed by atoms with Crippen LogP contribution >= 0.6 is 0 Å². The molecule has 1 aromatic carbocycles. The number of benzene rings is 1. The molecule has 2 aliphatic heterocycles. The summed E-state index contributed by atoms with van der Waals surface area (Å²) in [5, 5.41) is 2.57. The monoisotopic (exact) mass is 330 g/mol. The van der Waals surface area contributed by atoms with Gasteiger partial charge in [0.2, 0.25) is 5.91 Å². The Kier molecular flexibility index (Phi) is 5.04. The Morgan fingerprint density at radius 2 is 2.00 bits per heavy atom. The molecule has 3 amide bonds. The Morgan fingerprint density at radius 3 is 2.71 bits per heavy atom. The standard InChI is InChI=1S/C18H26N4O2/c1-3-15-13-20(2)16-8-5-4-7-14(16)12-21(15)9-6-10-22-17(23)11-19-18(22)24/h4-5,7-8,15H,3,6,9-13H2,1-2H3,(H,19,24). The lowest BCUT2D eigenvalue weighted by molar-refractivity contribution is -0.125. The second kappa shape index (κ2) is 7.21. The lowest BCUT2D eigenvalue weighted by Gasteiger charge is -2.31. The van der Waals surface area contributed by atoms with Gasteiger partial charge in [-0.25, -0.2) is 4.79 Å². The molecule has 2 heterocycles. The van der Waals surface area contributed by atoms with Gasteiger partial charge >= 0.3 is 6.03 Å². The van der Waals surface area contributed by atoms with Crippen LogP contribution in [0.2, 0.25) is 0 Å². The number of hydrogen-bond acceptors (Lipinski definition) is 4. The summed E-state index contributed by atoms with van der Waals surface area (Å²) in [6, 6.07) is 8.76. The third kappa shape index (κ3) is 3.38. The Morgan fingerprint density at radius 1 is 1.21 bits per heavy atom. The van der Waals surface area contributed by atoms with Crippen LogP contribution in [-0.4, -0.2) is 61.0 Å². The summed E-state index contributed by atoms with van der Waals surface area (Å²) in [5.74, 6) is -0.118. The SMILES string of the molecule is CCC1CN(C)c2ccccc2CN1CCCN1C(=O)CNC1=O. The molecule has 0 saturated carbocycles. The van der Waals surface area contributed by atoms with Crippen molar-refractivity contribution in [1.29, 1.82) is 0 Å². The average molecular weight is 330 g/mol. The first-order valence-corrected chi connectivity index (χ1v) is 8.71. The van der Waals surface area contributed by atoms with Crippen molar-refractivity contribution in [1.82, 2.24) is 15.1 Å². The van der Waals surface area contributed by atoms with E-state index in [1.807, 2.05) is 0 Å². The molecule has 0 aromatic heterocycles. The van der Waals surface area contributed by atoms with Crippen molar-refractivity contribution in [2.24, 2.45) is 0 Å². The molecule has 1 N–H and O–H groups in total. The first kappa shape index (κ1) is 16.8. The summed E-state index contributed by atoms with van der Waals surface area (Å²) in [6.45, 7) is 5.65. The lowest BCUT2D eigenvalue weighted by atomic mass is 10.1. The molecule has 1 saturated heterocycles. The van der Waals surface area contributed by atoms with E-state index >= 15 is 0 Å². The molecule has 130 valence electrons. The fourth-order valence-electron chi connectivity index (χ4n) is 3.66. The molecule has 3 rings (SSSR count). The Bertz CT molecular complexity index is 603. The van der Waals surface area contributed by atoms with Crippen LogP contribution in [0.15, 0.2) is 24.3 Å². The van der Waals surface area contributed by atoms with Gasteiger partial charge in [-0.2, -0.15) is 0 Å². The average Bonchev–Trinajstić information content (AvgIpc) is 2.83. The van der Waals surface area contributed by atoms with Crippen molar-refractivity contribution in [3.63, 3.8) is 0 Å². The van der Waals surface area contributed by atoms with E-state index < -0.39 is 0 Å². The molecule has 0 radical (unpaired) electrons. The number of nitrogens with zero attached hydrogens (tertiary/aromatic N) is 3. The van der Waals surface area contributed by atoms with Gasteiger partial charge in [-0.1, -0.05) is 25.1 Å². The zero-order valence-corrected chi connectivity index (χ0v) is 14.5. The fraction of sp³-hybridized carbons (Fsp3) is 0.556. The maximum Gasteiger partial charge on any atom is 0.324 e. The molecule has 2 aliphatic rings. The molecule has 6 nitrogen and oxygen atoms in total. The van der Waals surface area contributed by atoms with E-state index in [2.05, 4.69) is 53.4 Å². The molecule has 1 unspecified atom stereocenters. The van der Waals surface area contributed by atoms with Crippen LogP contribution in [0.3, 0.4) is 0 Å². The first-order valence-electron chi connectivity index (χ1n) is 8.71. The van der Waals surface area contributed by atoms with Crippen LogP contribution < -0.4 is 10.2 Å². The van der Waals surface area contributed by atoms with Crippen molar-refractivity contribution < 1.29 is 9.59 Å². The lowest BCUT2D eigenvalue weighted by Crippen LogP contribution is -2.41. The summed E-state index contributed by atoms with van der Waals surface area (Å²) in [6.07, 6.45) is 1.89. The zero-order valence-electron chi connectivity index (χ0n) is 14.5. The van der Waals surface area contributed by atoms with Gasteiger partial charge < -0.3 is 10.2 Å². The van der Waals surface area contributed by atoms with Crippen molar-refractivity contribution in [2.75, 3.05) is 38.1 Å². The Labute approximate surface area is 143 Å². The summed E-state index contributed by atoms with van der Waals surface area (Å²) >= 11 is 0. The van der Waals surface area contributed by atoms with Gasteiger partial charge in [-0.05, 0) is 24.5 Å². The van der Waals surface area contributed by atoms with E-state index in [1.165, 1.54) is 16.2 Å². The number of hydrogen-bond donors (Lipinski definition) is 1. The largest absolute Gasteiger partial charge is 0.373 e. The van der Waals surface area contributed by atoms with Crippen molar-refractivity contribution in [3.8, 4) is 0 Å². The van der Waals surface area contributed by atoms with E-state index in [9.17, 15) is 9.59 Å². The number of amides is 3. The first-order chi connectivity index (χ1) is 11.6. The van der Waals surface area contributed by atoms with Gasteiger partial charge in [-0.15, -0.1) is 0 Å². The number of fused-ring (bicyclic) bond motifs is 1. The van der Waals surface area contributed by atoms with E-state index in [-0.39, 0.29) is 18.5 Å². The van der Waals surface area contributed by atoms with E-state index in [4.69, 9.17) is 0 Å². The number of carbonyl (C=O) groups is 2. The molecule has 24 heavy (non-hydrogen) atoms. The number of nitrogens with one attached hydrogen (secondary N) is 1. The minimum Gasteiger partial charge on any atom is -0.373 e. The second-order valence-electron chi connectivity index (χ2n) is 6.60. The molecule has 6 heteroatoms. The smallest absolute Gasteiger partial charge is 0.324 e. The number of para-hydroxylation sites is 1. The van der Waals surface area contributed by atoms with Gasteiger partial charge in [0, 0.05) is 45.0 Å². The highest BCUT2D eigenvalue weighted by molar-refractivity contribution is 6.01. The minimum atomic E-state index is -0.256. The molecular weight excluding hydrogens is 304 g/mol. The van der Waals surface area contributed by atoms with E-state index in [0.717, 1.165) is 32.5 Å². The van der Waals surface area contributed by atoms with Gasteiger partial charge in [0.25, 0.3) is 0 Å². The van der Waals surface area contributed by atoms with Gasteiger partial charge in [0.1, 0.15) is 0 Å². The number of likely N-dealkylation sites (N-methyl/N-ethyl adjacent to an activating group) is 1. The predicted molar refractivity (Wildman–Crippen MR) is 93.9 cm³/mol. The van der Waals surface area contributed by atoms with Crippen molar-refractivity contribution in [3.05, 3.63) is 29.8 Å². The molecule has 1 aromatic rings. The summed E-state index contributed by atoms with van der Waals surface area (Å²) in [7, 11) is 2.15. The second-order valence-corrected chi connectivity index (χ2v) is 6.60. The topological polar surface area (TPSA) is 55.9 Å². The molecule has 1 atom stereocenters. The molecule has 0 aliphatic carbocycles. The minimum absolute atomic E-state index is 0.118. The van der Waals surface area contributed by atoms with Crippen molar-refractivity contribution in [2.45, 2.75) is 32.4 Å². The number of rotatable bonds is 5. The number of carbonyl (C=O) groups excluding carboxylic acids is 2. The molecule has 0 bridgehead atoms. The number of urea groups is 1. The Hall–Kier alpha value is -2.08. The van der Waals surface area contributed by atoms with Crippen LogP contribution in [0.25, 0.3) is 0 Å². The zero-order chi connectivity index (χ0) is 17.1.